The smallest absolute Gasteiger partial charge is 0.0779 e. The molecule has 0 aliphatic carbocycles. The fourth-order valence-corrected chi connectivity index (χ4v) is 2.68. The van der Waals surface area contributed by atoms with E-state index in [-0.39, 0.29) is 18.2 Å². The molecule has 0 saturated carbocycles. The van der Waals surface area contributed by atoms with Gasteiger partial charge in [0.2, 0.25) is 0 Å². The van der Waals surface area contributed by atoms with Gasteiger partial charge >= 0.3 is 0 Å². The Morgan fingerprint density at radius 3 is 2.79 bits per heavy atom. The van der Waals surface area contributed by atoms with Crippen LogP contribution in [-0.4, -0.2) is 36.5 Å². The first-order valence-corrected chi connectivity index (χ1v) is 5.85. The molecule has 0 radical (unpaired) electrons. The Bertz CT molecular complexity index is 172. The van der Waals surface area contributed by atoms with E-state index in [0.717, 1.165) is 26.0 Å². The second kappa shape index (κ2) is 4.60. The van der Waals surface area contributed by atoms with Gasteiger partial charge in [-0.15, -0.1) is 0 Å². The van der Waals surface area contributed by atoms with Crippen molar-refractivity contribution in [2.75, 3.05) is 19.8 Å². The largest absolute Gasteiger partial charge is 0.394 e. The molecule has 2 unspecified atom stereocenters. The van der Waals surface area contributed by atoms with Crippen LogP contribution in [0.2, 0.25) is 0 Å². The third kappa shape index (κ3) is 1.95. The zero-order valence-electron chi connectivity index (χ0n) is 8.80. The van der Waals surface area contributed by atoms with E-state index in [4.69, 9.17) is 4.74 Å². The summed E-state index contributed by atoms with van der Waals surface area (Å²) in [5.74, 6) is 0. The molecule has 3 heteroatoms. The highest BCUT2D eigenvalue weighted by Gasteiger charge is 2.40. The summed E-state index contributed by atoms with van der Waals surface area (Å²) in [5.41, 5.74) is -0.126. The van der Waals surface area contributed by atoms with Crippen molar-refractivity contribution in [1.82, 2.24) is 5.32 Å². The molecule has 14 heavy (non-hydrogen) atoms. The molecule has 0 spiro atoms. The molecule has 2 saturated heterocycles. The highest BCUT2D eigenvalue weighted by atomic mass is 16.5. The number of aliphatic hydroxyl groups is 1. The lowest BCUT2D eigenvalue weighted by atomic mass is 9.81. The molecule has 2 atom stereocenters. The monoisotopic (exact) mass is 199 g/mol. The van der Waals surface area contributed by atoms with Crippen LogP contribution in [0.1, 0.15) is 38.5 Å². The van der Waals surface area contributed by atoms with Gasteiger partial charge in [-0.05, 0) is 38.6 Å². The highest BCUT2D eigenvalue weighted by Crippen LogP contribution is 2.30. The highest BCUT2D eigenvalue weighted by molar-refractivity contribution is 4.98. The number of ether oxygens (including phenoxy) is 1. The lowest BCUT2D eigenvalue weighted by molar-refractivity contribution is -0.0716. The van der Waals surface area contributed by atoms with Crippen LogP contribution in [0.3, 0.4) is 0 Å². The maximum absolute atomic E-state index is 9.55. The van der Waals surface area contributed by atoms with E-state index in [1.165, 1.54) is 25.7 Å². The van der Waals surface area contributed by atoms with Crippen LogP contribution < -0.4 is 5.32 Å². The Kier molecular flexibility index (Phi) is 3.42. The van der Waals surface area contributed by atoms with Crippen molar-refractivity contribution in [2.45, 2.75) is 50.2 Å². The molecule has 2 fully saturated rings. The molecule has 2 rings (SSSR count). The fraction of sp³-hybridized carbons (Fsp3) is 1.00. The van der Waals surface area contributed by atoms with Crippen molar-refractivity contribution < 1.29 is 9.84 Å². The average molecular weight is 199 g/mol. The van der Waals surface area contributed by atoms with Crippen molar-refractivity contribution >= 4 is 0 Å². The zero-order valence-corrected chi connectivity index (χ0v) is 8.80. The summed E-state index contributed by atoms with van der Waals surface area (Å²) in [4.78, 5) is 0. The predicted octanol–water partition coefficient (Wildman–Crippen LogP) is 1.06. The molecule has 2 heterocycles. The first-order chi connectivity index (χ1) is 6.87. The van der Waals surface area contributed by atoms with Gasteiger partial charge in [0.05, 0.1) is 18.2 Å². The standard InChI is InChI=1S/C11H21NO2/c13-9-11(6-2-3-7-12-11)10-5-1-4-8-14-10/h10,12-13H,1-9H2. The van der Waals surface area contributed by atoms with Crippen molar-refractivity contribution in [3.63, 3.8) is 0 Å². The van der Waals surface area contributed by atoms with E-state index in [2.05, 4.69) is 5.32 Å². The van der Waals surface area contributed by atoms with E-state index >= 15 is 0 Å². The molecule has 82 valence electrons. The molecule has 0 aromatic rings. The maximum atomic E-state index is 9.55. The minimum absolute atomic E-state index is 0.126. The molecule has 2 N–H and O–H groups in total. The van der Waals surface area contributed by atoms with Gasteiger partial charge in [0.15, 0.2) is 0 Å². The van der Waals surface area contributed by atoms with Crippen molar-refractivity contribution in [2.24, 2.45) is 0 Å². The summed E-state index contributed by atoms with van der Waals surface area (Å²) in [6.07, 6.45) is 7.27. The quantitative estimate of drug-likeness (QED) is 0.698. The van der Waals surface area contributed by atoms with Gasteiger partial charge in [-0.25, -0.2) is 0 Å². The van der Waals surface area contributed by atoms with Gasteiger partial charge in [0, 0.05) is 6.61 Å². The number of piperidine rings is 1. The van der Waals surface area contributed by atoms with Crippen LogP contribution in [0, 0.1) is 0 Å². The van der Waals surface area contributed by atoms with E-state index in [0.29, 0.717) is 0 Å². The number of aliphatic hydroxyl groups excluding tert-OH is 1. The third-order valence-corrected chi connectivity index (χ3v) is 3.60. The third-order valence-electron chi connectivity index (χ3n) is 3.60. The van der Waals surface area contributed by atoms with Crippen molar-refractivity contribution in [3.8, 4) is 0 Å². The van der Waals surface area contributed by atoms with Gasteiger partial charge in [-0.2, -0.15) is 0 Å². The SMILES string of the molecule is OCC1(C2CCCCO2)CCCCN1. The second-order valence-corrected chi connectivity index (χ2v) is 4.55. The number of hydrogen-bond acceptors (Lipinski definition) is 3. The Hall–Kier alpha value is -0.120. The molecule has 0 amide bonds. The van der Waals surface area contributed by atoms with E-state index in [1.807, 2.05) is 0 Å². The zero-order chi connectivity index (χ0) is 9.86. The first kappa shape index (κ1) is 10.4. The Labute approximate surface area is 85.8 Å². The van der Waals surface area contributed by atoms with Gasteiger partial charge in [-0.1, -0.05) is 6.42 Å². The molecular formula is C11H21NO2. The number of rotatable bonds is 2. The summed E-state index contributed by atoms with van der Waals surface area (Å²) >= 11 is 0. The summed E-state index contributed by atoms with van der Waals surface area (Å²) in [5, 5.41) is 13.0. The Balaban J connectivity index is 2.01. The molecule has 0 aromatic heterocycles. The topological polar surface area (TPSA) is 41.5 Å². The maximum Gasteiger partial charge on any atom is 0.0779 e. The molecule has 2 aliphatic heterocycles. The van der Waals surface area contributed by atoms with Crippen LogP contribution in [0.15, 0.2) is 0 Å². The number of nitrogens with one attached hydrogen (secondary N) is 1. The normalized spacial score (nSPS) is 39.6. The van der Waals surface area contributed by atoms with Crippen molar-refractivity contribution in [3.05, 3.63) is 0 Å². The summed E-state index contributed by atoms with van der Waals surface area (Å²) < 4.78 is 5.79. The molecule has 0 aromatic carbocycles. The summed E-state index contributed by atoms with van der Waals surface area (Å²) in [7, 11) is 0. The van der Waals surface area contributed by atoms with Crippen molar-refractivity contribution in [1.29, 1.82) is 0 Å². The van der Waals surface area contributed by atoms with Crippen LogP contribution in [0.4, 0.5) is 0 Å². The van der Waals surface area contributed by atoms with E-state index in [1.54, 1.807) is 0 Å². The molecular weight excluding hydrogens is 178 g/mol. The van der Waals surface area contributed by atoms with Gasteiger partial charge in [-0.3, -0.25) is 0 Å². The van der Waals surface area contributed by atoms with Gasteiger partial charge in [0.1, 0.15) is 0 Å². The van der Waals surface area contributed by atoms with E-state index < -0.39 is 0 Å². The minimum Gasteiger partial charge on any atom is -0.394 e. The molecule has 3 nitrogen and oxygen atoms in total. The molecule has 0 bridgehead atoms. The van der Waals surface area contributed by atoms with Crippen LogP contribution in [0.5, 0.6) is 0 Å². The van der Waals surface area contributed by atoms with E-state index in [9.17, 15) is 5.11 Å². The van der Waals surface area contributed by atoms with Gasteiger partial charge in [0.25, 0.3) is 0 Å². The predicted molar refractivity (Wildman–Crippen MR) is 55.3 cm³/mol. The Morgan fingerprint density at radius 1 is 1.29 bits per heavy atom. The lowest BCUT2D eigenvalue weighted by Gasteiger charge is -2.44. The Morgan fingerprint density at radius 2 is 2.21 bits per heavy atom. The average Bonchev–Trinajstić information content (AvgIpc) is 2.31. The second-order valence-electron chi connectivity index (χ2n) is 4.55. The summed E-state index contributed by atoms with van der Waals surface area (Å²) in [6.45, 7) is 2.12. The fourth-order valence-electron chi connectivity index (χ4n) is 2.68. The number of hydrogen-bond donors (Lipinski definition) is 2. The molecule has 2 aliphatic rings. The van der Waals surface area contributed by atoms with Gasteiger partial charge < -0.3 is 15.2 Å². The van der Waals surface area contributed by atoms with Crippen LogP contribution >= 0.6 is 0 Å². The first-order valence-electron chi connectivity index (χ1n) is 5.85. The minimum atomic E-state index is -0.126. The van der Waals surface area contributed by atoms with Crippen LogP contribution in [-0.2, 0) is 4.74 Å². The summed E-state index contributed by atoms with van der Waals surface area (Å²) in [6, 6.07) is 0. The lowest BCUT2D eigenvalue weighted by Crippen LogP contribution is -2.60. The van der Waals surface area contributed by atoms with Crippen LogP contribution in [0.25, 0.3) is 0 Å².